The van der Waals surface area contributed by atoms with Crippen LogP contribution in [-0.4, -0.2) is 44.7 Å². The van der Waals surface area contributed by atoms with Crippen LogP contribution in [0.25, 0.3) is 11.3 Å². The maximum absolute atomic E-state index is 4.13. The molecule has 2 rings (SSSR count). The second-order valence-corrected chi connectivity index (χ2v) is 2.91. The molecule has 3 nitrogen and oxygen atoms in total. The predicted octanol–water partition coefficient (Wildman–Crippen LogP) is 1.18. The summed E-state index contributed by atoms with van der Waals surface area (Å²) in [6.45, 7) is 0. The third-order valence-corrected chi connectivity index (χ3v) is 1.81. The summed E-state index contributed by atoms with van der Waals surface area (Å²) in [5.74, 6) is 0. The fraction of sp³-hybridized carbons (Fsp3) is 0. The number of nitrogens with zero attached hydrogens (tertiary/aromatic N) is 3. The molecule has 14 heavy (non-hydrogen) atoms. The van der Waals surface area contributed by atoms with E-state index in [-0.39, 0.29) is 29.6 Å². The second kappa shape index (κ2) is 5.46. The van der Waals surface area contributed by atoms with E-state index < -0.39 is 0 Å². The average molecular weight is 213 g/mol. The average Bonchev–Trinajstić information content (AvgIpc) is 2.19. The van der Waals surface area contributed by atoms with Crippen LogP contribution in [0, 0.1) is 0 Å². The quantitative estimate of drug-likeness (QED) is 0.571. The molecule has 0 atom stereocenters. The van der Waals surface area contributed by atoms with Gasteiger partial charge in [-0.25, -0.2) is 4.98 Å². The molecule has 0 fully saturated rings. The van der Waals surface area contributed by atoms with Crippen molar-refractivity contribution in [2.24, 2.45) is 0 Å². The predicted molar refractivity (Wildman–Crippen MR) is 59.7 cm³/mol. The Morgan fingerprint density at radius 3 is 2.43 bits per heavy atom. The molecule has 0 aliphatic carbocycles. The number of benzene rings is 1. The van der Waals surface area contributed by atoms with Crippen LogP contribution in [-0.2, 0) is 0 Å². The van der Waals surface area contributed by atoms with Crippen LogP contribution in [0.3, 0.4) is 0 Å². The van der Waals surface area contributed by atoms with Gasteiger partial charge in [0, 0.05) is 5.56 Å². The van der Waals surface area contributed by atoms with Gasteiger partial charge in [-0.15, -0.1) is 17.7 Å². The van der Waals surface area contributed by atoms with Crippen molar-refractivity contribution in [3.8, 4) is 11.3 Å². The first-order valence-electron chi connectivity index (χ1n) is 3.80. The zero-order valence-corrected chi connectivity index (χ0v) is 7.65. The van der Waals surface area contributed by atoms with E-state index in [1.807, 2.05) is 30.3 Å². The van der Waals surface area contributed by atoms with Gasteiger partial charge in [0.05, 0.1) is 11.9 Å². The molecule has 0 unspecified atom stereocenters. The van der Waals surface area contributed by atoms with E-state index in [1.165, 1.54) is 0 Å². The molecule has 0 bridgehead atoms. The van der Waals surface area contributed by atoms with Crippen LogP contribution in [0.15, 0.2) is 41.7 Å². The van der Waals surface area contributed by atoms with E-state index >= 15 is 0 Å². The van der Waals surface area contributed by atoms with Gasteiger partial charge >= 0.3 is 29.6 Å². The summed E-state index contributed by atoms with van der Waals surface area (Å²) in [6, 6.07) is 9.81. The Morgan fingerprint density at radius 1 is 1.07 bits per heavy atom. The van der Waals surface area contributed by atoms with Crippen LogP contribution >= 0.6 is 12.6 Å². The maximum atomic E-state index is 4.13. The van der Waals surface area contributed by atoms with Crippen LogP contribution < -0.4 is 0 Å². The molecule has 66 valence electrons. The van der Waals surface area contributed by atoms with Crippen LogP contribution in [0.4, 0.5) is 0 Å². The first-order valence-corrected chi connectivity index (χ1v) is 4.25. The molecule has 1 heterocycles. The van der Waals surface area contributed by atoms with Crippen LogP contribution in [0.1, 0.15) is 0 Å². The van der Waals surface area contributed by atoms with Gasteiger partial charge in [0.1, 0.15) is 0 Å². The Bertz CT molecular complexity index is 408. The van der Waals surface area contributed by atoms with E-state index in [0.29, 0.717) is 5.16 Å². The Labute approximate surface area is 110 Å². The molecule has 0 N–H and O–H groups in total. The Balaban J connectivity index is 0.000000980. The van der Waals surface area contributed by atoms with E-state index in [9.17, 15) is 0 Å². The standard InChI is InChI=1S/C9H7N3S.Na.H/c13-9-11-8(6-10-12-9)7-4-2-1-3-5-7;;/h1-6H,(H,11,12,13);;. The van der Waals surface area contributed by atoms with E-state index in [2.05, 4.69) is 27.8 Å². The normalized spacial score (nSPS) is 9.21. The monoisotopic (exact) mass is 213 g/mol. The Kier molecular flexibility index (Phi) is 4.54. The molecule has 1 aromatic heterocycles. The summed E-state index contributed by atoms with van der Waals surface area (Å²) < 4.78 is 0. The Morgan fingerprint density at radius 2 is 1.79 bits per heavy atom. The van der Waals surface area contributed by atoms with Crippen LogP contribution in [0.2, 0.25) is 0 Å². The zero-order chi connectivity index (χ0) is 9.10. The van der Waals surface area contributed by atoms with Crippen molar-refractivity contribution in [2.75, 3.05) is 0 Å². The molecule has 0 aliphatic heterocycles. The van der Waals surface area contributed by atoms with E-state index in [1.54, 1.807) is 6.20 Å². The summed E-state index contributed by atoms with van der Waals surface area (Å²) in [6.07, 6.45) is 1.62. The molecular weight excluding hydrogens is 205 g/mol. The van der Waals surface area contributed by atoms with Gasteiger partial charge in [-0.1, -0.05) is 30.3 Å². The number of hydrogen-bond acceptors (Lipinski definition) is 4. The molecular formula is C9H8N3NaS. The first-order chi connectivity index (χ1) is 6.36. The molecule has 0 amide bonds. The molecule has 5 heteroatoms. The van der Waals surface area contributed by atoms with Gasteiger partial charge in [0.15, 0.2) is 0 Å². The van der Waals surface area contributed by atoms with Crippen molar-refractivity contribution >= 4 is 42.2 Å². The number of hydrogen-bond donors (Lipinski definition) is 1. The molecule has 1 aromatic carbocycles. The fourth-order valence-corrected chi connectivity index (χ4v) is 1.20. The number of aromatic nitrogens is 3. The fourth-order valence-electron chi connectivity index (χ4n) is 1.04. The first kappa shape index (κ1) is 11.7. The molecule has 2 aromatic rings. The molecule has 0 radical (unpaired) electrons. The van der Waals surface area contributed by atoms with Gasteiger partial charge in [-0.05, 0) is 0 Å². The SMILES string of the molecule is Sc1nncc(-c2ccccc2)n1.[NaH]. The third kappa shape index (κ3) is 2.78. The number of rotatable bonds is 1. The summed E-state index contributed by atoms with van der Waals surface area (Å²) in [7, 11) is 0. The minimum atomic E-state index is 0. The summed E-state index contributed by atoms with van der Waals surface area (Å²) in [5.41, 5.74) is 1.81. The van der Waals surface area contributed by atoms with Crippen molar-refractivity contribution in [1.82, 2.24) is 15.2 Å². The van der Waals surface area contributed by atoms with Gasteiger partial charge in [-0.2, -0.15) is 5.10 Å². The van der Waals surface area contributed by atoms with Gasteiger partial charge < -0.3 is 0 Å². The van der Waals surface area contributed by atoms with Gasteiger partial charge in [0.2, 0.25) is 5.16 Å². The number of thiol groups is 1. The second-order valence-electron chi connectivity index (χ2n) is 2.51. The molecule has 0 saturated heterocycles. The van der Waals surface area contributed by atoms with E-state index in [0.717, 1.165) is 11.3 Å². The summed E-state index contributed by atoms with van der Waals surface area (Å²) in [4.78, 5) is 4.13. The summed E-state index contributed by atoms with van der Waals surface area (Å²) >= 11 is 4.02. The zero-order valence-electron chi connectivity index (χ0n) is 6.75. The Hall–Kier alpha value is -0.420. The van der Waals surface area contributed by atoms with Gasteiger partial charge in [-0.3, -0.25) is 0 Å². The third-order valence-electron chi connectivity index (χ3n) is 1.62. The minimum absolute atomic E-state index is 0. The van der Waals surface area contributed by atoms with Crippen LogP contribution in [0.5, 0.6) is 0 Å². The molecule has 0 spiro atoms. The molecule has 0 saturated carbocycles. The molecule has 0 aliphatic rings. The van der Waals surface area contributed by atoms with Crippen molar-refractivity contribution < 1.29 is 0 Å². The van der Waals surface area contributed by atoms with Gasteiger partial charge in [0.25, 0.3) is 0 Å². The van der Waals surface area contributed by atoms with Crippen molar-refractivity contribution in [1.29, 1.82) is 0 Å². The van der Waals surface area contributed by atoms with Crippen molar-refractivity contribution in [3.63, 3.8) is 0 Å². The van der Waals surface area contributed by atoms with E-state index in [4.69, 9.17) is 0 Å². The topological polar surface area (TPSA) is 38.7 Å². The summed E-state index contributed by atoms with van der Waals surface area (Å²) in [5, 5.41) is 7.83. The van der Waals surface area contributed by atoms with Crippen molar-refractivity contribution in [3.05, 3.63) is 36.5 Å². The van der Waals surface area contributed by atoms with Crippen molar-refractivity contribution in [2.45, 2.75) is 5.16 Å².